The molecule has 4 saturated carbocycles. The Hall–Kier alpha value is -0.930. The molecule has 0 aromatic carbocycles. The lowest BCUT2D eigenvalue weighted by Crippen LogP contribution is -2.76. The van der Waals surface area contributed by atoms with Crippen LogP contribution in [0.5, 0.6) is 0 Å². The van der Waals surface area contributed by atoms with Gasteiger partial charge < -0.3 is 55.1 Å². The second-order valence-corrected chi connectivity index (χ2v) is 14.2. The molecule has 0 aromatic rings. The predicted octanol–water partition coefficient (Wildman–Crippen LogP) is -1.44. The van der Waals surface area contributed by atoms with Crippen LogP contribution in [0.4, 0.5) is 0 Å². The summed E-state index contributed by atoms with van der Waals surface area (Å²) >= 11 is 0. The highest BCUT2D eigenvalue weighted by Gasteiger charge is 2.75. The molecule has 41 heavy (non-hydrogen) atoms. The van der Waals surface area contributed by atoms with Crippen molar-refractivity contribution < 1.29 is 59.9 Å². The van der Waals surface area contributed by atoms with Crippen molar-refractivity contribution in [1.82, 2.24) is 0 Å². The summed E-state index contributed by atoms with van der Waals surface area (Å²) in [5, 5.41) is 89.7. The monoisotopic (exact) mass is 586 g/mol. The summed E-state index contributed by atoms with van der Waals surface area (Å²) in [6.45, 7) is 3.20. The van der Waals surface area contributed by atoms with Gasteiger partial charge in [0.1, 0.15) is 18.3 Å². The maximum absolute atomic E-state index is 12.4. The summed E-state index contributed by atoms with van der Waals surface area (Å²) in [5.41, 5.74) is -5.13. The first-order valence-electron chi connectivity index (χ1n) is 15.1. The summed E-state index contributed by atoms with van der Waals surface area (Å²) in [6, 6.07) is 0. The number of ether oxygens (including phenoxy) is 3. The molecule has 6 rings (SSSR count). The molecule has 8 N–H and O–H groups in total. The zero-order valence-corrected chi connectivity index (χ0v) is 23.7. The van der Waals surface area contributed by atoms with Crippen molar-refractivity contribution in [2.24, 2.45) is 34.5 Å². The molecule has 12 nitrogen and oxygen atoms in total. The molecule has 0 aromatic heterocycles. The summed E-state index contributed by atoms with van der Waals surface area (Å²) < 4.78 is 16.8. The van der Waals surface area contributed by atoms with Crippen LogP contribution in [0.25, 0.3) is 0 Å². The Morgan fingerprint density at radius 1 is 0.976 bits per heavy atom. The Labute approximate surface area is 239 Å². The van der Waals surface area contributed by atoms with Gasteiger partial charge in [0.2, 0.25) is 0 Å². The zero-order chi connectivity index (χ0) is 29.7. The van der Waals surface area contributed by atoms with Crippen molar-refractivity contribution in [1.29, 1.82) is 0 Å². The molecule has 0 amide bonds. The third-order valence-electron chi connectivity index (χ3n) is 12.6. The largest absolute Gasteiger partial charge is 0.465 e. The Kier molecular flexibility index (Phi) is 7.38. The lowest BCUT2D eigenvalue weighted by Gasteiger charge is -2.68. The highest BCUT2D eigenvalue weighted by Crippen LogP contribution is 2.71. The first kappa shape index (κ1) is 30.1. The van der Waals surface area contributed by atoms with Gasteiger partial charge in [0.05, 0.1) is 60.7 Å². The second-order valence-electron chi connectivity index (χ2n) is 14.2. The van der Waals surface area contributed by atoms with Crippen LogP contribution in [0.3, 0.4) is 0 Å². The number of aliphatic hydroxyl groups excluding tert-OH is 6. The highest BCUT2D eigenvalue weighted by atomic mass is 16.7. The maximum Gasteiger partial charge on any atom is 0.306 e. The molecular formula is C29H46O12. The number of fused-ring (bicyclic) bond motifs is 5. The fourth-order valence-corrected chi connectivity index (χ4v) is 10.5. The summed E-state index contributed by atoms with van der Waals surface area (Å²) in [4.78, 5) is 11.9. The van der Waals surface area contributed by atoms with Gasteiger partial charge in [0.25, 0.3) is 0 Å². The molecule has 6 aliphatic rings. The molecule has 16 atom stereocenters. The minimum atomic E-state index is -1.66. The van der Waals surface area contributed by atoms with E-state index in [2.05, 4.69) is 0 Å². The minimum Gasteiger partial charge on any atom is -0.465 e. The van der Waals surface area contributed by atoms with Crippen molar-refractivity contribution in [2.45, 2.75) is 125 Å². The summed E-state index contributed by atoms with van der Waals surface area (Å²) in [6.07, 6.45) is -7.60. The molecule has 0 spiro atoms. The molecule has 2 heterocycles. The normalized spacial score (nSPS) is 58.8. The van der Waals surface area contributed by atoms with Gasteiger partial charge >= 0.3 is 5.97 Å². The van der Waals surface area contributed by atoms with E-state index in [-0.39, 0.29) is 49.9 Å². The Bertz CT molecular complexity index is 1030. The van der Waals surface area contributed by atoms with E-state index in [1.165, 1.54) is 6.92 Å². The van der Waals surface area contributed by atoms with Gasteiger partial charge in [-0.2, -0.15) is 0 Å². The Morgan fingerprint density at radius 2 is 1.68 bits per heavy atom. The number of hydrogen-bond acceptors (Lipinski definition) is 12. The van der Waals surface area contributed by atoms with Gasteiger partial charge in [-0.25, -0.2) is 0 Å². The van der Waals surface area contributed by atoms with E-state index in [4.69, 9.17) is 14.2 Å². The standard InChI is InChI=1S/C29H46O12/c1-13-22(34)23(35)24(36)25(40-13)41-15-8-19(32)28(12-30)21-17(3-5-27(28,37)9-15)29(38)6-4-16(14-7-20(33)39-11-14)26(29,2)10-18(21)31/h13-19,21-25,30-32,34-38H,3-12H2,1-2H3/t13?,14?,15-,16?,17?,18?,19+,21?,22-,23?,24?,25+,26+,27-,28+,29-/m0/s1. The van der Waals surface area contributed by atoms with E-state index in [1.807, 2.05) is 6.92 Å². The van der Waals surface area contributed by atoms with Gasteiger partial charge in [-0.15, -0.1) is 0 Å². The molecular weight excluding hydrogens is 540 g/mol. The topological polar surface area (TPSA) is 207 Å². The fraction of sp³-hybridized carbons (Fsp3) is 0.966. The van der Waals surface area contributed by atoms with E-state index >= 15 is 0 Å². The zero-order valence-electron chi connectivity index (χ0n) is 23.7. The lowest BCUT2D eigenvalue weighted by atomic mass is 9.40. The number of esters is 1. The predicted molar refractivity (Wildman–Crippen MR) is 139 cm³/mol. The SMILES string of the molecule is CC1O[C@H](O[C@H]2C[C@@H](O)[C@]3(CO)C4C(O)C[C@]5(C)C(C6COC(=O)C6)CC[C@]5(O)C4CC[C@]3(O)C2)C(O)C(O)[C@H]1O. The van der Waals surface area contributed by atoms with Crippen LogP contribution in [0.15, 0.2) is 0 Å². The van der Waals surface area contributed by atoms with E-state index < -0.39 is 89.5 Å². The summed E-state index contributed by atoms with van der Waals surface area (Å²) in [5.74, 6) is -1.63. The third-order valence-corrected chi connectivity index (χ3v) is 12.6. The van der Waals surface area contributed by atoms with Gasteiger partial charge in [-0.05, 0) is 50.9 Å². The lowest BCUT2D eigenvalue weighted by molar-refractivity contribution is -0.342. The van der Waals surface area contributed by atoms with Crippen molar-refractivity contribution >= 4 is 5.97 Å². The highest BCUT2D eigenvalue weighted by molar-refractivity contribution is 5.71. The first-order chi connectivity index (χ1) is 19.2. The smallest absolute Gasteiger partial charge is 0.306 e. The van der Waals surface area contributed by atoms with Crippen molar-refractivity contribution in [3.05, 3.63) is 0 Å². The molecule has 2 aliphatic heterocycles. The van der Waals surface area contributed by atoms with Crippen molar-refractivity contribution in [3.63, 3.8) is 0 Å². The van der Waals surface area contributed by atoms with Crippen LogP contribution < -0.4 is 0 Å². The molecule has 2 saturated heterocycles. The van der Waals surface area contributed by atoms with Crippen LogP contribution in [0.2, 0.25) is 0 Å². The third kappa shape index (κ3) is 4.05. The van der Waals surface area contributed by atoms with Crippen LogP contribution >= 0.6 is 0 Å². The first-order valence-corrected chi connectivity index (χ1v) is 15.1. The van der Waals surface area contributed by atoms with Crippen LogP contribution in [-0.4, -0.2) is 120 Å². The van der Waals surface area contributed by atoms with E-state index in [1.54, 1.807) is 0 Å². The van der Waals surface area contributed by atoms with Gasteiger partial charge in [0, 0.05) is 30.1 Å². The van der Waals surface area contributed by atoms with Crippen LogP contribution in [0, 0.1) is 34.5 Å². The number of rotatable bonds is 4. The Balaban J connectivity index is 1.27. The number of cyclic esters (lactones) is 1. The number of carbonyl (C=O) groups excluding carboxylic acids is 1. The van der Waals surface area contributed by atoms with Gasteiger partial charge in [0.15, 0.2) is 6.29 Å². The average molecular weight is 587 g/mol. The molecule has 12 heteroatoms. The molecule has 0 bridgehead atoms. The molecule has 6 fully saturated rings. The average Bonchev–Trinajstić information content (AvgIpc) is 3.45. The van der Waals surface area contributed by atoms with Gasteiger partial charge in [-0.3, -0.25) is 4.79 Å². The quantitative estimate of drug-likeness (QED) is 0.141. The molecule has 4 aliphatic carbocycles. The maximum atomic E-state index is 12.4. The van der Waals surface area contributed by atoms with Crippen molar-refractivity contribution in [3.8, 4) is 0 Å². The molecule has 0 radical (unpaired) electrons. The number of hydrogen-bond donors (Lipinski definition) is 8. The van der Waals surface area contributed by atoms with Gasteiger partial charge in [-0.1, -0.05) is 6.92 Å². The minimum absolute atomic E-state index is 0.0278. The Morgan fingerprint density at radius 3 is 2.34 bits per heavy atom. The number of aliphatic hydroxyl groups is 8. The fourth-order valence-electron chi connectivity index (χ4n) is 10.5. The van der Waals surface area contributed by atoms with Crippen LogP contribution in [-0.2, 0) is 19.0 Å². The molecule has 234 valence electrons. The summed E-state index contributed by atoms with van der Waals surface area (Å²) in [7, 11) is 0. The van der Waals surface area contributed by atoms with E-state index in [9.17, 15) is 45.6 Å². The van der Waals surface area contributed by atoms with Crippen LogP contribution in [0.1, 0.15) is 65.2 Å². The second kappa shape index (κ2) is 10.0. The number of carbonyl (C=O) groups is 1. The van der Waals surface area contributed by atoms with E-state index in [0.717, 1.165) is 0 Å². The van der Waals surface area contributed by atoms with E-state index in [0.29, 0.717) is 25.9 Å². The van der Waals surface area contributed by atoms with Crippen molar-refractivity contribution in [2.75, 3.05) is 13.2 Å². The molecule has 8 unspecified atom stereocenters.